The molecule has 4 nitrogen and oxygen atoms in total. The van der Waals surface area contributed by atoms with Crippen LogP contribution in [-0.4, -0.2) is 11.8 Å². The van der Waals surface area contributed by atoms with E-state index in [1.807, 2.05) is 13.0 Å². The summed E-state index contributed by atoms with van der Waals surface area (Å²) in [6, 6.07) is 1.87. The minimum atomic E-state index is -0.242. The first kappa shape index (κ1) is 14.8. The molecule has 0 bridgehead atoms. The van der Waals surface area contributed by atoms with E-state index in [-0.39, 0.29) is 11.8 Å². The second-order valence-electron chi connectivity index (χ2n) is 5.04. The number of nitrogens with one attached hydrogen (secondary N) is 2. The third kappa shape index (κ3) is 3.70. The topological polar surface area (TPSA) is 58.2 Å². The van der Waals surface area contributed by atoms with Crippen LogP contribution in [0, 0.1) is 12.8 Å². The Kier molecular flexibility index (Phi) is 4.95. The van der Waals surface area contributed by atoms with E-state index in [1.165, 1.54) is 16.2 Å². The smallest absolute Gasteiger partial charge is 0.273 e. The minimum Gasteiger partial charge on any atom is -0.273 e. The highest BCUT2D eigenvalue weighted by molar-refractivity contribution is 7.14. The van der Waals surface area contributed by atoms with Gasteiger partial charge in [0.05, 0.1) is 4.88 Å². The van der Waals surface area contributed by atoms with E-state index in [0.29, 0.717) is 17.2 Å². The Hall–Kier alpha value is -1.62. The average Bonchev–Trinajstić information content (AvgIpc) is 3.05. The zero-order valence-electron chi connectivity index (χ0n) is 11.9. The molecule has 1 aliphatic rings. The molecule has 0 aliphatic heterocycles. The van der Waals surface area contributed by atoms with Crippen LogP contribution < -0.4 is 10.9 Å². The predicted molar refractivity (Wildman–Crippen MR) is 80.5 cm³/mol. The monoisotopic (exact) mass is 292 g/mol. The number of allylic oxidation sites excluding steroid dienone is 2. The molecule has 2 N–H and O–H groups in total. The maximum Gasteiger partial charge on any atom is 0.279 e. The summed E-state index contributed by atoms with van der Waals surface area (Å²) in [7, 11) is 0. The van der Waals surface area contributed by atoms with Gasteiger partial charge in [0.15, 0.2) is 0 Å². The molecule has 0 fully saturated rings. The van der Waals surface area contributed by atoms with Crippen LogP contribution in [0.1, 0.15) is 46.3 Å². The van der Waals surface area contributed by atoms with Gasteiger partial charge in [0.25, 0.3) is 5.91 Å². The summed E-state index contributed by atoms with van der Waals surface area (Å²) in [5, 5.41) is 0. The van der Waals surface area contributed by atoms with Crippen LogP contribution in [0.2, 0.25) is 0 Å². The summed E-state index contributed by atoms with van der Waals surface area (Å²) in [6.07, 6.45) is 7.57. The molecule has 1 aromatic rings. The van der Waals surface area contributed by atoms with Gasteiger partial charge >= 0.3 is 0 Å². The summed E-state index contributed by atoms with van der Waals surface area (Å²) in [6.45, 7) is 4.06. The Bertz CT molecular complexity index is 534. The van der Waals surface area contributed by atoms with E-state index < -0.39 is 0 Å². The summed E-state index contributed by atoms with van der Waals surface area (Å²) in [5.41, 5.74) is 6.10. The highest BCUT2D eigenvalue weighted by atomic mass is 32.1. The van der Waals surface area contributed by atoms with Crippen molar-refractivity contribution in [2.24, 2.45) is 5.92 Å². The van der Waals surface area contributed by atoms with E-state index in [4.69, 9.17) is 0 Å². The molecule has 1 atom stereocenters. The summed E-state index contributed by atoms with van der Waals surface area (Å²) in [5.74, 6) is -0.0745. The highest BCUT2D eigenvalue weighted by Gasteiger charge is 2.16. The lowest BCUT2D eigenvalue weighted by molar-refractivity contribution is -0.122. The Morgan fingerprint density at radius 1 is 1.40 bits per heavy atom. The fourth-order valence-electron chi connectivity index (χ4n) is 2.33. The third-order valence-electron chi connectivity index (χ3n) is 3.44. The molecule has 0 saturated carbocycles. The molecular formula is C15H20N2O2S. The van der Waals surface area contributed by atoms with Crippen molar-refractivity contribution in [2.45, 2.75) is 39.5 Å². The second-order valence-corrected chi connectivity index (χ2v) is 6.18. The molecule has 0 radical (unpaired) electrons. The van der Waals surface area contributed by atoms with Crippen molar-refractivity contribution >= 4 is 23.2 Å². The molecular weight excluding hydrogens is 272 g/mol. The van der Waals surface area contributed by atoms with Gasteiger partial charge in [-0.15, -0.1) is 11.3 Å². The number of hydrazine groups is 1. The summed E-state index contributed by atoms with van der Waals surface area (Å²) >= 11 is 1.48. The van der Waals surface area contributed by atoms with Crippen molar-refractivity contribution in [3.05, 3.63) is 33.5 Å². The van der Waals surface area contributed by atoms with Gasteiger partial charge < -0.3 is 0 Å². The minimum absolute atomic E-state index is 0.140. The van der Waals surface area contributed by atoms with Crippen molar-refractivity contribution in [1.29, 1.82) is 0 Å². The lowest BCUT2D eigenvalue weighted by Crippen LogP contribution is -2.41. The Morgan fingerprint density at radius 3 is 2.80 bits per heavy atom. The quantitative estimate of drug-likeness (QED) is 0.662. The molecule has 2 amide bonds. The lowest BCUT2D eigenvalue weighted by atomic mass is 10.1. The lowest BCUT2D eigenvalue weighted by Gasteiger charge is -2.09. The highest BCUT2D eigenvalue weighted by Crippen LogP contribution is 2.22. The van der Waals surface area contributed by atoms with Crippen LogP contribution in [0.15, 0.2) is 18.2 Å². The van der Waals surface area contributed by atoms with Gasteiger partial charge in [-0.25, -0.2) is 0 Å². The van der Waals surface area contributed by atoms with E-state index in [9.17, 15) is 9.59 Å². The van der Waals surface area contributed by atoms with Crippen LogP contribution in [0.25, 0.3) is 0 Å². The van der Waals surface area contributed by atoms with Gasteiger partial charge in [-0.1, -0.05) is 19.1 Å². The van der Waals surface area contributed by atoms with Crippen molar-refractivity contribution in [3.8, 4) is 0 Å². The molecule has 108 valence electrons. The van der Waals surface area contributed by atoms with Gasteiger partial charge in [0.2, 0.25) is 5.91 Å². The van der Waals surface area contributed by atoms with Gasteiger partial charge in [-0.05, 0) is 43.7 Å². The van der Waals surface area contributed by atoms with E-state index in [0.717, 1.165) is 24.8 Å². The average molecular weight is 292 g/mol. The van der Waals surface area contributed by atoms with E-state index in [1.54, 1.807) is 0 Å². The molecule has 1 aliphatic carbocycles. The largest absolute Gasteiger partial charge is 0.279 e. The molecule has 1 heterocycles. The van der Waals surface area contributed by atoms with E-state index in [2.05, 4.69) is 29.9 Å². The van der Waals surface area contributed by atoms with Gasteiger partial charge in [-0.2, -0.15) is 0 Å². The number of carbonyl (C=O) groups excluding carboxylic acids is 2. The fraction of sp³-hybridized carbons (Fsp3) is 0.467. The fourth-order valence-corrected chi connectivity index (χ4v) is 3.33. The second kappa shape index (κ2) is 6.70. The first-order valence-electron chi connectivity index (χ1n) is 6.95. The Morgan fingerprint density at radius 2 is 2.20 bits per heavy atom. The zero-order chi connectivity index (χ0) is 14.5. The number of thiophene rings is 1. The number of amides is 2. The Balaban J connectivity index is 1.81. The zero-order valence-corrected chi connectivity index (χ0v) is 12.7. The van der Waals surface area contributed by atoms with Crippen molar-refractivity contribution in [1.82, 2.24) is 10.9 Å². The van der Waals surface area contributed by atoms with Crippen LogP contribution >= 0.6 is 11.3 Å². The molecule has 0 aromatic carbocycles. The first-order valence-corrected chi connectivity index (χ1v) is 7.77. The summed E-state index contributed by atoms with van der Waals surface area (Å²) in [4.78, 5) is 25.5. The maximum absolute atomic E-state index is 11.9. The first-order chi connectivity index (χ1) is 9.60. The van der Waals surface area contributed by atoms with Gasteiger partial charge in [0, 0.05) is 11.3 Å². The molecule has 0 spiro atoms. The molecule has 0 saturated heterocycles. The SMILES string of the molecule is CCc1sc(C(=O)NNC(=O)C[C@H]2C=CCC2)cc1C. The Labute approximate surface area is 123 Å². The molecule has 1 aromatic heterocycles. The van der Waals surface area contributed by atoms with Crippen LogP contribution in [-0.2, 0) is 11.2 Å². The number of hydrogen-bond acceptors (Lipinski definition) is 3. The molecule has 20 heavy (non-hydrogen) atoms. The van der Waals surface area contributed by atoms with E-state index >= 15 is 0 Å². The maximum atomic E-state index is 11.9. The molecule has 2 rings (SSSR count). The van der Waals surface area contributed by atoms with Crippen molar-refractivity contribution in [3.63, 3.8) is 0 Å². The van der Waals surface area contributed by atoms with Crippen LogP contribution in [0.3, 0.4) is 0 Å². The molecule has 0 unspecified atom stereocenters. The molecule has 5 heteroatoms. The number of carbonyl (C=O) groups is 2. The number of aryl methyl sites for hydroxylation is 2. The van der Waals surface area contributed by atoms with Crippen molar-refractivity contribution < 1.29 is 9.59 Å². The van der Waals surface area contributed by atoms with Gasteiger partial charge in [0.1, 0.15) is 0 Å². The predicted octanol–water partition coefficient (Wildman–Crippen LogP) is 2.74. The van der Waals surface area contributed by atoms with Gasteiger partial charge in [-0.3, -0.25) is 20.4 Å². The normalized spacial score (nSPS) is 17.2. The third-order valence-corrected chi connectivity index (χ3v) is 4.82. The van der Waals surface area contributed by atoms with Crippen LogP contribution in [0.4, 0.5) is 0 Å². The number of rotatable bonds is 4. The van der Waals surface area contributed by atoms with Crippen molar-refractivity contribution in [2.75, 3.05) is 0 Å². The standard InChI is InChI=1S/C15H20N2O2S/c1-3-12-10(2)8-13(20-12)15(19)17-16-14(18)9-11-6-4-5-7-11/h4,6,8,11H,3,5,7,9H2,1-2H3,(H,16,18)(H,17,19)/t11-/m0/s1. The number of hydrogen-bond donors (Lipinski definition) is 2. The van der Waals surface area contributed by atoms with Crippen LogP contribution in [0.5, 0.6) is 0 Å². The summed E-state index contributed by atoms with van der Waals surface area (Å²) < 4.78 is 0.